The van der Waals surface area contributed by atoms with Crippen molar-refractivity contribution in [3.05, 3.63) is 47.9 Å². The molecule has 9 heteroatoms. The quantitative estimate of drug-likeness (QED) is 0.595. The van der Waals surface area contributed by atoms with Gasteiger partial charge in [0.2, 0.25) is 11.8 Å². The topological polar surface area (TPSA) is 102 Å². The number of ether oxygens (including phenoxy) is 1. The average Bonchev–Trinajstić information content (AvgIpc) is 3.66. The SMILES string of the molecule is COc1cc(C(=O)N2CCC[C@@H](c3nn(CCNC(=O)C4CC4)c4ncccc34)C2)ccn1. The maximum Gasteiger partial charge on any atom is 0.254 e. The molecule has 1 saturated heterocycles. The van der Waals surface area contributed by atoms with Crippen molar-refractivity contribution in [1.82, 2.24) is 30.0 Å². The standard InChI is InChI=1S/C24H28N6O3/c1-33-20-14-17(8-10-25-20)24(32)29-12-3-4-18(15-29)21-19-5-2-9-26-22(19)30(28-21)13-11-27-23(31)16-6-7-16/h2,5,8-10,14,16,18H,3-4,6-7,11-13,15H2,1H3,(H,27,31)/t18-/m1/s1. The summed E-state index contributed by atoms with van der Waals surface area (Å²) in [7, 11) is 1.54. The number of piperidine rings is 1. The van der Waals surface area contributed by atoms with E-state index >= 15 is 0 Å². The molecule has 172 valence electrons. The van der Waals surface area contributed by atoms with Crippen molar-refractivity contribution < 1.29 is 14.3 Å². The minimum Gasteiger partial charge on any atom is -0.481 e. The largest absolute Gasteiger partial charge is 0.481 e. The zero-order valence-electron chi connectivity index (χ0n) is 18.7. The van der Waals surface area contributed by atoms with Gasteiger partial charge in [-0.3, -0.25) is 9.59 Å². The fraction of sp³-hybridized carbons (Fsp3) is 0.458. The molecule has 1 aliphatic heterocycles. The van der Waals surface area contributed by atoms with Gasteiger partial charge in [0.1, 0.15) is 0 Å². The molecule has 4 heterocycles. The van der Waals surface area contributed by atoms with Crippen LogP contribution in [0.4, 0.5) is 0 Å². The normalized spacial score (nSPS) is 18.3. The summed E-state index contributed by atoms with van der Waals surface area (Å²) in [6.45, 7) is 2.41. The molecule has 3 aromatic heterocycles. The highest BCUT2D eigenvalue weighted by molar-refractivity contribution is 5.94. The van der Waals surface area contributed by atoms with Crippen LogP contribution in [0, 0.1) is 5.92 Å². The predicted octanol–water partition coefficient (Wildman–Crippen LogP) is 2.38. The molecule has 2 amide bonds. The second-order valence-electron chi connectivity index (χ2n) is 8.73. The van der Waals surface area contributed by atoms with Crippen LogP contribution in [-0.2, 0) is 11.3 Å². The Bertz CT molecular complexity index is 1170. The molecule has 2 aliphatic rings. The summed E-state index contributed by atoms with van der Waals surface area (Å²) in [4.78, 5) is 35.6. The van der Waals surface area contributed by atoms with E-state index in [0.29, 0.717) is 37.6 Å². The fourth-order valence-electron chi connectivity index (χ4n) is 4.49. The van der Waals surface area contributed by atoms with E-state index in [1.807, 2.05) is 21.7 Å². The molecule has 0 bridgehead atoms. The molecule has 1 aliphatic carbocycles. The molecule has 0 aromatic carbocycles. The number of hydrogen-bond acceptors (Lipinski definition) is 6. The van der Waals surface area contributed by atoms with Crippen molar-refractivity contribution in [2.24, 2.45) is 5.92 Å². The number of rotatable bonds is 7. The van der Waals surface area contributed by atoms with Crippen LogP contribution in [0.25, 0.3) is 11.0 Å². The van der Waals surface area contributed by atoms with E-state index in [1.165, 1.54) is 0 Å². The smallest absolute Gasteiger partial charge is 0.254 e. The second kappa shape index (κ2) is 9.17. The summed E-state index contributed by atoms with van der Waals surface area (Å²) in [5.41, 5.74) is 2.36. The first kappa shape index (κ1) is 21.4. The van der Waals surface area contributed by atoms with Gasteiger partial charge in [-0.2, -0.15) is 5.10 Å². The van der Waals surface area contributed by atoms with Crippen molar-refractivity contribution in [3.8, 4) is 5.88 Å². The van der Waals surface area contributed by atoms with Crippen LogP contribution in [0.15, 0.2) is 36.7 Å². The van der Waals surface area contributed by atoms with Gasteiger partial charge in [0.05, 0.1) is 19.3 Å². The van der Waals surface area contributed by atoms with Crippen molar-refractivity contribution >= 4 is 22.8 Å². The summed E-state index contributed by atoms with van der Waals surface area (Å²) in [5.74, 6) is 0.859. The fourth-order valence-corrected chi connectivity index (χ4v) is 4.49. The molecule has 5 rings (SSSR count). The van der Waals surface area contributed by atoms with Gasteiger partial charge in [0.25, 0.3) is 5.91 Å². The average molecular weight is 449 g/mol. The summed E-state index contributed by atoms with van der Waals surface area (Å²) in [6, 6.07) is 7.36. The molecule has 0 radical (unpaired) electrons. The Hall–Kier alpha value is -3.49. The van der Waals surface area contributed by atoms with Crippen LogP contribution in [-0.4, -0.2) is 63.2 Å². The van der Waals surface area contributed by atoms with Gasteiger partial charge < -0.3 is 15.0 Å². The predicted molar refractivity (Wildman–Crippen MR) is 122 cm³/mol. The maximum absolute atomic E-state index is 13.1. The van der Waals surface area contributed by atoms with Crippen LogP contribution in [0.2, 0.25) is 0 Å². The van der Waals surface area contributed by atoms with Crippen LogP contribution in [0.5, 0.6) is 5.88 Å². The maximum atomic E-state index is 13.1. The Kier molecular flexibility index (Phi) is 5.93. The van der Waals surface area contributed by atoms with Gasteiger partial charge >= 0.3 is 0 Å². The van der Waals surface area contributed by atoms with E-state index < -0.39 is 0 Å². The number of likely N-dealkylation sites (tertiary alicyclic amines) is 1. The number of nitrogens with zero attached hydrogens (tertiary/aromatic N) is 5. The lowest BCUT2D eigenvalue weighted by molar-refractivity contribution is -0.122. The lowest BCUT2D eigenvalue weighted by Crippen LogP contribution is -2.39. The van der Waals surface area contributed by atoms with E-state index in [-0.39, 0.29) is 23.7 Å². The number of carbonyl (C=O) groups excluding carboxylic acids is 2. The second-order valence-corrected chi connectivity index (χ2v) is 8.73. The molecule has 1 saturated carbocycles. The highest BCUT2D eigenvalue weighted by atomic mass is 16.5. The molecular weight excluding hydrogens is 420 g/mol. The lowest BCUT2D eigenvalue weighted by Gasteiger charge is -2.32. The molecule has 1 N–H and O–H groups in total. The van der Waals surface area contributed by atoms with Crippen molar-refractivity contribution in [2.75, 3.05) is 26.7 Å². The van der Waals surface area contributed by atoms with Gasteiger partial charge in [0.15, 0.2) is 5.65 Å². The zero-order chi connectivity index (χ0) is 22.8. The Morgan fingerprint density at radius 1 is 1.18 bits per heavy atom. The first-order valence-corrected chi connectivity index (χ1v) is 11.5. The highest BCUT2D eigenvalue weighted by Crippen LogP contribution is 2.32. The summed E-state index contributed by atoms with van der Waals surface area (Å²) >= 11 is 0. The van der Waals surface area contributed by atoms with Crippen LogP contribution in [0.1, 0.15) is 47.7 Å². The molecule has 1 atom stereocenters. The van der Waals surface area contributed by atoms with Gasteiger partial charge in [-0.05, 0) is 43.9 Å². The molecule has 9 nitrogen and oxygen atoms in total. The third kappa shape index (κ3) is 4.53. The van der Waals surface area contributed by atoms with Crippen LogP contribution in [0.3, 0.4) is 0 Å². The summed E-state index contributed by atoms with van der Waals surface area (Å²) < 4.78 is 7.05. The highest BCUT2D eigenvalue weighted by Gasteiger charge is 2.30. The number of hydrogen-bond donors (Lipinski definition) is 1. The molecule has 0 spiro atoms. The van der Waals surface area contributed by atoms with Crippen molar-refractivity contribution in [2.45, 2.75) is 38.1 Å². The van der Waals surface area contributed by atoms with Gasteiger partial charge in [-0.25, -0.2) is 14.6 Å². The monoisotopic (exact) mass is 448 g/mol. The molecule has 2 fully saturated rings. The minimum atomic E-state index is -0.0231. The first-order chi connectivity index (χ1) is 16.1. The molecule has 33 heavy (non-hydrogen) atoms. The van der Waals surface area contributed by atoms with E-state index in [9.17, 15) is 9.59 Å². The number of methoxy groups -OCH3 is 1. The van der Waals surface area contributed by atoms with Gasteiger partial charge in [-0.15, -0.1) is 0 Å². The Labute approximate surface area is 192 Å². The van der Waals surface area contributed by atoms with Crippen LogP contribution >= 0.6 is 0 Å². The minimum absolute atomic E-state index is 0.0231. The molecular formula is C24H28N6O3. The van der Waals surface area contributed by atoms with E-state index in [0.717, 1.165) is 42.4 Å². The van der Waals surface area contributed by atoms with E-state index in [2.05, 4.69) is 15.3 Å². The lowest BCUT2D eigenvalue weighted by atomic mass is 9.93. The van der Waals surface area contributed by atoms with E-state index in [4.69, 9.17) is 9.84 Å². The Morgan fingerprint density at radius 2 is 2.06 bits per heavy atom. The summed E-state index contributed by atoms with van der Waals surface area (Å²) in [6.07, 6.45) is 7.21. The first-order valence-electron chi connectivity index (χ1n) is 11.5. The number of amides is 2. The molecule has 0 unspecified atom stereocenters. The number of nitrogens with one attached hydrogen (secondary N) is 1. The number of aromatic nitrogens is 4. The zero-order valence-corrected chi connectivity index (χ0v) is 18.7. The Balaban J connectivity index is 1.33. The van der Waals surface area contributed by atoms with Crippen molar-refractivity contribution in [3.63, 3.8) is 0 Å². The third-order valence-corrected chi connectivity index (χ3v) is 6.39. The number of pyridine rings is 2. The molecule has 3 aromatic rings. The van der Waals surface area contributed by atoms with Crippen LogP contribution < -0.4 is 10.1 Å². The van der Waals surface area contributed by atoms with Gasteiger partial charge in [0, 0.05) is 60.9 Å². The van der Waals surface area contributed by atoms with E-state index in [1.54, 1.807) is 31.6 Å². The van der Waals surface area contributed by atoms with Crippen molar-refractivity contribution in [1.29, 1.82) is 0 Å². The Morgan fingerprint density at radius 3 is 2.88 bits per heavy atom. The van der Waals surface area contributed by atoms with Gasteiger partial charge in [-0.1, -0.05) is 0 Å². The number of carbonyl (C=O) groups is 2. The number of fused-ring (bicyclic) bond motifs is 1. The summed E-state index contributed by atoms with van der Waals surface area (Å²) in [5, 5.41) is 8.91. The third-order valence-electron chi connectivity index (χ3n) is 6.39.